The molecule has 2 aromatic heterocycles. The van der Waals surface area contributed by atoms with Crippen LogP contribution >= 0.6 is 11.3 Å². The Morgan fingerprint density at radius 2 is 2.35 bits per heavy atom. The zero-order valence-electron chi connectivity index (χ0n) is 11.6. The van der Waals surface area contributed by atoms with Crippen molar-refractivity contribution < 1.29 is 9.21 Å². The SMILES string of the molecule is CC(Cc1cccs1)N(C)Cc1occc1C(=O)NN. The molecule has 5 nitrogen and oxygen atoms in total. The number of amides is 1. The summed E-state index contributed by atoms with van der Waals surface area (Å²) in [5.74, 6) is 5.47. The van der Waals surface area contributed by atoms with E-state index in [-0.39, 0.29) is 5.91 Å². The Labute approximate surface area is 122 Å². The highest BCUT2D eigenvalue weighted by molar-refractivity contribution is 7.09. The highest BCUT2D eigenvalue weighted by Gasteiger charge is 2.18. The predicted octanol–water partition coefficient (Wildman–Crippen LogP) is 2.01. The fraction of sp³-hybridized carbons (Fsp3) is 0.357. The summed E-state index contributed by atoms with van der Waals surface area (Å²) in [5.41, 5.74) is 2.62. The van der Waals surface area contributed by atoms with Gasteiger partial charge in [0, 0.05) is 10.9 Å². The van der Waals surface area contributed by atoms with Crippen LogP contribution in [0, 0.1) is 0 Å². The maximum Gasteiger partial charge on any atom is 0.268 e. The van der Waals surface area contributed by atoms with Gasteiger partial charge in [0.1, 0.15) is 5.76 Å². The lowest BCUT2D eigenvalue weighted by atomic mass is 10.1. The molecule has 0 spiro atoms. The first kappa shape index (κ1) is 14.8. The van der Waals surface area contributed by atoms with Crippen LogP contribution < -0.4 is 11.3 Å². The number of likely N-dealkylation sites (N-methyl/N-ethyl adjacent to an activating group) is 1. The highest BCUT2D eigenvalue weighted by atomic mass is 32.1. The third kappa shape index (κ3) is 3.47. The standard InChI is InChI=1S/C14H19N3O2S/c1-10(8-11-4-3-7-20-11)17(2)9-13-12(5-6-19-13)14(18)16-15/h3-7,10H,8-9,15H2,1-2H3,(H,16,18). The molecular weight excluding hydrogens is 274 g/mol. The van der Waals surface area contributed by atoms with Gasteiger partial charge in [-0.25, -0.2) is 5.84 Å². The molecule has 2 heterocycles. The third-order valence-corrected chi connectivity index (χ3v) is 4.24. The second-order valence-corrected chi connectivity index (χ2v) is 5.81. The number of nitrogens with one attached hydrogen (secondary N) is 1. The Kier molecular flexibility index (Phi) is 4.94. The van der Waals surface area contributed by atoms with Gasteiger partial charge in [-0.3, -0.25) is 15.1 Å². The lowest BCUT2D eigenvalue weighted by molar-refractivity contribution is 0.0949. The van der Waals surface area contributed by atoms with Crippen LogP contribution in [0.15, 0.2) is 34.3 Å². The van der Waals surface area contributed by atoms with E-state index >= 15 is 0 Å². The van der Waals surface area contributed by atoms with Crippen molar-refractivity contribution in [1.82, 2.24) is 10.3 Å². The van der Waals surface area contributed by atoms with Gasteiger partial charge in [0.2, 0.25) is 0 Å². The summed E-state index contributed by atoms with van der Waals surface area (Å²) >= 11 is 1.76. The van der Waals surface area contributed by atoms with Crippen LogP contribution in [-0.2, 0) is 13.0 Å². The van der Waals surface area contributed by atoms with Crippen LogP contribution in [0.3, 0.4) is 0 Å². The van der Waals surface area contributed by atoms with Gasteiger partial charge >= 0.3 is 0 Å². The number of rotatable bonds is 6. The van der Waals surface area contributed by atoms with Crippen molar-refractivity contribution in [3.8, 4) is 0 Å². The van der Waals surface area contributed by atoms with Crippen molar-refractivity contribution in [3.05, 3.63) is 46.0 Å². The molecule has 0 aromatic carbocycles. The van der Waals surface area contributed by atoms with E-state index in [1.807, 2.05) is 7.05 Å². The van der Waals surface area contributed by atoms with Gasteiger partial charge in [-0.05, 0) is 37.9 Å². The van der Waals surface area contributed by atoms with E-state index in [0.717, 1.165) is 6.42 Å². The summed E-state index contributed by atoms with van der Waals surface area (Å²) < 4.78 is 5.39. The van der Waals surface area contributed by atoms with E-state index in [0.29, 0.717) is 23.9 Å². The Morgan fingerprint density at radius 3 is 3.00 bits per heavy atom. The van der Waals surface area contributed by atoms with Gasteiger partial charge in [-0.15, -0.1) is 11.3 Å². The largest absolute Gasteiger partial charge is 0.467 e. The highest BCUT2D eigenvalue weighted by Crippen LogP contribution is 2.17. The predicted molar refractivity (Wildman–Crippen MR) is 79.3 cm³/mol. The molecule has 20 heavy (non-hydrogen) atoms. The van der Waals surface area contributed by atoms with Crippen LogP contribution in [0.4, 0.5) is 0 Å². The molecule has 1 unspecified atom stereocenters. The Hall–Kier alpha value is -1.63. The average Bonchev–Trinajstić information content (AvgIpc) is 3.09. The smallest absolute Gasteiger partial charge is 0.268 e. The summed E-state index contributed by atoms with van der Waals surface area (Å²) in [6.07, 6.45) is 2.49. The number of hydrogen-bond acceptors (Lipinski definition) is 5. The monoisotopic (exact) mass is 293 g/mol. The zero-order valence-corrected chi connectivity index (χ0v) is 12.4. The minimum absolute atomic E-state index is 0.326. The van der Waals surface area contributed by atoms with Gasteiger partial charge in [0.05, 0.1) is 18.4 Å². The summed E-state index contributed by atoms with van der Waals surface area (Å²) in [6.45, 7) is 2.73. The quantitative estimate of drug-likeness (QED) is 0.485. The molecule has 0 aliphatic heterocycles. The minimum atomic E-state index is -0.326. The number of carbonyl (C=O) groups is 1. The van der Waals surface area contributed by atoms with Crippen LogP contribution in [-0.4, -0.2) is 23.9 Å². The molecule has 3 N–H and O–H groups in total. The molecule has 0 aliphatic carbocycles. The Bertz CT molecular complexity index is 551. The number of nitrogens with two attached hydrogens (primary N) is 1. The van der Waals surface area contributed by atoms with Gasteiger partial charge in [0.25, 0.3) is 5.91 Å². The van der Waals surface area contributed by atoms with E-state index in [4.69, 9.17) is 10.3 Å². The molecule has 0 fully saturated rings. The van der Waals surface area contributed by atoms with E-state index < -0.39 is 0 Å². The van der Waals surface area contributed by atoms with Gasteiger partial charge in [0.15, 0.2) is 0 Å². The number of thiophene rings is 1. The van der Waals surface area contributed by atoms with Crippen LogP contribution in [0.2, 0.25) is 0 Å². The molecule has 1 atom stereocenters. The molecule has 0 saturated heterocycles. The maximum atomic E-state index is 11.6. The molecule has 108 valence electrons. The summed E-state index contributed by atoms with van der Waals surface area (Å²) in [6, 6.07) is 6.18. The number of nitrogen functional groups attached to an aromatic ring is 1. The topological polar surface area (TPSA) is 71.5 Å². The summed E-state index contributed by atoms with van der Waals surface area (Å²) in [7, 11) is 2.02. The Balaban J connectivity index is 1.99. The van der Waals surface area contributed by atoms with Crippen molar-refractivity contribution in [2.24, 2.45) is 5.84 Å². The zero-order chi connectivity index (χ0) is 14.5. The maximum absolute atomic E-state index is 11.6. The molecule has 0 saturated carbocycles. The van der Waals surface area contributed by atoms with E-state index in [2.05, 4.69) is 34.8 Å². The first-order chi connectivity index (χ1) is 9.61. The van der Waals surface area contributed by atoms with E-state index in [9.17, 15) is 4.79 Å². The van der Waals surface area contributed by atoms with Crippen LogP contribution in [0.5, 0.6) is 0 Å². The molecule has 6 heteroatoms. The molecule has 0 bridgehead atoms. The van der Waals surface area contributed by atoms with E-state index in [1.165, 1.54) is 11.1 Å². The average molecular weight is 293 g/mol. The fourth-order valence-electron chi connectivity index (χ4n) is 2.00. The van der Waals surface area contributed by atoms with Crippen molar-refractivity contribution >= 4 is 17.2 Å². The number of furan rings is 1. The first-order valence-electron chi connectivity index (χ1n) is 6.41. The minimum Gasteiger partial charge on any atom is -0.467 e. The number of hydrogen-bond donors (Lipinski definition) is 2. The van der Waals surface area contributed by atoms with Crippen molar-refractivity contribution in [2.75, 3.05) is 7.05 Å². The number of hydrazine groups is 1. The van der Waals surface area contributed by atoms with Gasteiger partial charge in [-0.1, -0.05) is 6.07 Å². The van der Waals surface area contributed by atoms with Crippen LogP contribution in [0.1, 0.15) is 27.9 Å². The normalized spacial score (nSPS) is 12.6. The lowest BCUT2D eigenvalue weighted by Gasteiger charge is -2.23. The van der Waals surface area contributed by atoms with Crippen molar-refractivity contribution in [2.45, 2.75) is 25.9 Å². The number of nitrogens with zero attached hydrogens (tertiary/aromatic N) is 1. The Morgan fingerprint density at radius 1 is 1.55 bits per heavy atom. The number of carbonyl (C=O) groups excluding carboxylic acids is 1. The molecule has 1 amide bonds. The van der Waals surface area contributed by atoms with Crippen molar-refractivity contribution in [1.29, 1.82) is 0 Å². The third-order valence-electron chi connectivity index (χ3n) is 3.34. The molecular formula is C14H19N3O2S. The second-order valence-electron chi connectivity index (χ2n) is 4.78. The fourth-order valence-corrected chi connectivity index (χ4v) is 2.83. The van der Waals surface area contributed by atoms with Gasteiger partial charge in [-0.2, -0.15) is 0 Å². The first-order valence-corrected chi connectivity index (χ1v) is 7.29. The van der Waals surface area contributed by atoms with Crippen molar-refractivity contribution in [3.63, 3.8) is 0 Å². The molecule has 0 radical (unpaired) electrons. The molecule has 2 rings (SSSR count). The lowest BCUT2D eigenvalue weighted by Crippen LogP contribution is -2.33. The van der Waals surface area contributed by atoms with E-state index in [1.54, 1.807) is 17.4 Å². The summed E-state index contributed by atoms with van der Waals surface area (Å²) in [4.78, 5) is 15.1. The molecule has 0 aliphatic rings. The van der Waals surface area contributed by atoms with Gasteiger partial charge < -0.3 is 4.42 Å². The second kappa shape index (κ2) is 6.69. The summed E-state index contributed by atoms with van der Waals surface area (Å²) in [5, 5.41) is 2.08. The van der Waals surface area contributed by atoms with Crippen LogP contribution in [0.25, 0.3) is 0 Å². The molecule has 2 aromatic rings.